The molecule has 2 N–H and O–H groups in total. The molecule has 0 radical (unpaired) electrons. The van der Waals surface area contributed by atoms with Gasteiger partial charge in [-0.05, 0) is 44.5 Å². The highest BCUT2D eigenvalue weighted by Crippen LogP contribution is 2.15. The summed E-state index contributed by atoms with van der Waals surface area (Å²) < 4.78 is 0. The second-order valence-electron chi connectivity index (χ2n) is 4.84. The third kappa shape index (κ3) is 4.37. The minimum absolute atomic E-state index is 0.343. The largest absolute Gasteiger partial charge is 0.346 e. The quantitative estimate of drug-likeness (QED) is 0.791. The Hall–Kier alpha value is -1.32. The van der Waals surface area contributed by atoms with Gasteiger partial charge < -0.3 is 10.3 Å². The molecule has 1 atom stereocenters. The fourth-order valence-corrected chi connectivity index (χ4v) is 2.16. The van der Waals surface area contributed by atoms with Crippen LogP contribution in [0.25, 0.3) is 0 Å². The van der Waals surface area contributed by atoms with Gasteiger partial charge in [-0.1, -0.05) is 23.7 Å². The first-order valence-electron chi connectivity index (χ1n) is 6.64. The van der Waals surface area contributed by atoms with Crippen molar-refractivity contribution in [3.05, 3.63) is 52.6 Å². The molecule has 0 saturated heterocycles. The van der Waals surface area contributed by atoms with E-state index in [4.69, 9.17) is 11.6 Å². The fourth-order valence-electron chi connectivity index (χ4n) is 2.04. The number of rotatable bonds is 6. The Bertz CT molecular complexity index is 504. The van der Waals surface area contributed by atoms with Gasteiger partial charge in [-0.3, -0.25) is 0 Å². The van der Waals surface area contributed by atoms with Gasteiger partial charge in [0.15, 0.2) is 0 Å². The van der Waals surface area contributed by atoms with Gasteiger partial charge in [0.1, 0.15) is 5.82 Å². The first-order chi connectivity index (χ1) is 9.15. The summed E-state index contributed by atoms with van der Waals surface area (Å²) in [6.07, 6.45) is 3.93. The van der Waals surface area contributed by atoms with Crippen LogP contribution in [-0.2, 0) is 6.42 Å². The van der Waals surface area contributed by atoms with E-state index in [1.165, 1.54) is 5.56 Å². The van der Waals surface area contributed by atoms with Crippen molar-refractivity contribution in [2.45, 2.75) is 32.7 Å². The van der Waals surface area contributed by atoms with Gasteiger partial charge >= 0.3 is 0 Å². The van der Waals surface area contributed by atoms with Crippen LogP contribution in [0.4, 0.5) is 0 Å². The van der Waals surface area contributed by atoms with E-state index in [2.05, 4.69) is 34.3 Å². The van der Waals surface area contributed by atoms with Gasteiger partial charge in [-0.25, -0.2) is 4.98 Å². The molecule has 19 heavy (non-hydrogen) atoms. The average Bonchev–Trinajstić information content (AvgIpc) is 2.81. The van der Waals surface area contributed by atoms with E-state index >= 15 is 0 Å². The Morgan fingerprint density at radius 3 is 2.68 bits per heavy atom. The zero-order chi connectivity index (χ0) is 13.7. The standard InChI is InChI=1S/C15H20ClN3/c1-11-10-18-15(19-11)4-3-9-17-12(2)13-5-7-14(16)8-6-13/h5-8,10,12,17H,3-4,9H2,1-2H3,(H,18,19). The molecule has 0 amide bonds. The predicted molar refractivity (Wildman–Crippen MR) is 79.5 cm³/mol. The molecule has 0 aliphatic carbocycles. The summed E-state index contributed by atoms with van der Waals surface area (Å²) in [6, 6.07) is 8.34. The topological polar surface area (TPSA) is 40.7 Å². The molecule has 0 bridgehead atoms. The summed E-state index contributed by atoms with van der Waals surface area (Å²) in [5, 5.41) is 4.29. The maximum Gasteiger partial charge on any atom is 0.106 e. The molecule has 102 valence electrons. The minimum atomic E-state index is 0.343. The number of H-pyrrole nitrogens is 1. The van der Waals surface area contributed by atoms with Gasteiger partial charge in [0.25, 0.3) is 0 Å². The van der Waals surface area contributed by atoms with E-state index < -0.39 is 0 Å². The van der Waals surface area contributed by atoms with Gasteiger partial charge in [-0.15, -0.1) is 0 Å². The third-order valence-corrected chi connectivity index (χ3v) is 3.42. The highest BCUT2D eigenvalue weighted by Gasteiger charge is 2.04. The average molecular weight is 278 g/mol. The molecule has 3 nitrogen and oxygen atoms in total. The summed E-state index contributed by atoms with van der Waals surface area (Å²) >= 11 is 5.88. The van der Waals surface area contributed by atoms with Crippen LogP contribution in [0.1, 0.15) is 36.5 Å². The summed E-state index contributed by atoms with van der Waals surface area (Å²) in [4.78, 5) is 7.55. The minimum Gasteiger partial charge on any atom is -0.346 e. The number of aromatic nitrogens is 2. The number of hydrogen-bond donors (Lipinski definition) is 2. The number of nitrogens with zero attached hydrogens (tertiary/aromatic N) is 1. The summed E-state index contributed by atoms with van der Waals surface area (Å²) in [6.45, 7) is 5.17. The Morgan fingerprint density at radius 2 is 2.05 bits per heavy atom. The third-order valence-electron chi connectivity index (χ3n) is 3.17. The second-order valence-corrected chi connectivity index (χ2v) is 5.28. The Morgan fingerprint density at radius 1 is 1.32 bits per heavy atom. The molecule has 2 aromatic rings. The van der Waals surface area contributed by atoms with Crippen LogP contribution in [0, 0.1) is 6.92 Å². The molecule has 1 aromatic carbocycles. The van der Waals surface area contributed by atoms with E-state index in [0.29, 0.717) is 6.04 Å². The molecule has 0 saturated carbocycles. The molecule has 2 rings (SSSR count). The van der Waals surface area contributed by atoms with E-state index in [9.17, 15) is 0 Å². The Balaban J connectivity index is 1.72. The predicted octanol–water partition coefficient (Wildman–Crippen LogP) is 3.65. The van der Waals surface area contributed by atoms with E-state index in [1.807, 2.05) is 25.3 Å². The molecule has 1 unspecified atom stereocenters. The van der Waals surface area contributed by atoms with E-state index in [-0.39, 0.29) is 0 Å². The highest BCUT2D eigenvalue weighted by atomic mass is 35.5. The van der Waals surface area contributed by atoms with E-state index in [0.717, 1.165) is 35.9 Å². The van der Waals surface area contributed by atoms with Crippen molar-refractivity contribution in [3.8, 4) is 0 Å². The summed E-state index contributed by atoms with van der Waals surface area (Å²) in [5.41, 5.74) is 2.38. The molecule has 1 heterocycles. The Kier molecular flexibility index (Phi) is 5.00. The van der Waals surface area contributed by atoms with Crippen molar-refractivity contribution in [1.29, 1.82) is 0 Å². The van der Waals surface area contributed by atoms with Crippen molar-refractivity contribution < 1.29 is 0 Å². The van der Waals surface area contributed by atoms with Gasteiger partial charge in [-0.2, -0.15) is 0 Å². The first kappa shape index (κ1) is 14.1. The number of benzene rings is 1. The van der Waals surface area contributed by atoms with Crippen LogP contribution in [0.2, 0.25) is 5.02 Å². The van der Waals surface area contributed by atoms with Crippen molar-refractivity contribution in [1.82, 2.24) is 15.3 Å². The highest BCUT2D eigenvalue weighted by molar-refractivity contribution is 6.30. The van der Waals surface area contributed by atoms with Crippen LogP contribution in [0.15, 0.2) is 30.5 Å². The maximum atomic E-state index is 5.88. The van der Waals surface area contributed by atoms with Crippen LogP contribution < -0.4 is 5.32 Å². The van der Waals surface area contributed by atoms with Crippen molar-refractivity contribution in [2.75, 3.05) is 6.54 Å². The van der Waals surface area contributed by atoms with Crippen molar-refractivity contribution >= 4 is 11.6 Å². The van der Waals surface area contributed by atoms with Gasteiger partial charge in [0.05, 0.1) is 0 Å². The molecule has 1 aromatic heterocycles. The van der Waals surface area contributed by atoms with Gasteiger partial charge in [0, 0.05) is 29.4 Å². The SMILES string of the molecule is Cc1cnc(CCCNC(C)c2ccc(Cl)cc2)[nH]1. The number of aromatic amines is 1. The number of aryl methyl sites for hydroxylation is 2. The molecular weight excluding hydrogens is 258 g/mol. The lowest BCUT2D eigenvalue weighted by atomic mass is 10.1. The zero-order valence-electron chi connectivity index (χ0n) is 11.4. The van der Waals surface area contributed by atoms with E-state index in [1.54, 1.807) is 0 Å². The molecule has 0 fully saturated rings. The summed E-state index contributed by atoms with van der Waals surface area (Å²) in [5.74, 6) is 1.07. The number of hydrogen-bond acceptors (Lipinski definition) is 2. The van der Waals surface area contributed by atoms with Crippen LogP contribution in [0.5, 0.6) is 0 Å². The lowest BCUT2D eigenvalue weighted by Crippen LogP contribution is -2.20. The number of imidazole rings is 1. The summed E-state index contributed by atoms with van der Waals surface area (Å²) in [7, 11) is 0. The van der Waals surface area contributed by atoms with Crippen LogP contribution >= 0.6 is 11.6 Å². The molecule has 0 spiro atoms. The lowest BCUT2D eigenvalue weighted by Gasteiger charge is -2.14. The fraction of sp³-hybridized carbons (Fsp3) is 0.400. The number of halogens is 1. The monoisotopic (exact) mass is 277 g/mol. The van der Waals surface area contributed by atoms with Crippen LogP contribution in [0.3, 0.4) is 0 Å². The lowest BCUT2D eigenvalue weighted by molar-refractivity contribution is 0.555. The normalized spacial score (nSPS) is 12.6. The van der Waals surface area contributed by atoms with Crippen molar-refractivity contribution in [2.24, 2.45) is 0 Å². The second kappa shape index (κ2) is 6.73. The van der Waals surface area contributed by atoms with Gasteiger partial charge in [0.2, 0.25) is 0 Å². The molecule has 4 heteroatoms. The maximum absolute atomic E-state index is 5.88. The number of nitrogens with one attached hydrogen (secondary N) is 2. The van der Waals surface area contributed by atoms with Crippen LogP contribution in [-0.4, -0.2) is 16.5 Å². The zero-order valence-corrected chi connectivity index (χ0v) is 12.2. The first-order valence-corrected chi connectivity index (χ1v) is 7.02. The molecular formula is C15H20ClN3. The molecule has 0 aliphatic rings. The van der Waals surface area contributed by atoms with Crippen molar-refractivity contribution in [3.63, 3.8) is 0 Å². The molecule has 0 aliphatic heterocycles. The Labute approximate surface area is 119 Å². The smallest absolute Gasteiger partial charge is 0.106 e.